The normalized spacial score (nSPS) is 14.8. The van der Waals surface area contributed by atoms with E-state index in [2.05, 4.69) is 19.1 Å². The minimum absolute atomic E-state index is 0.276. The maximum Gasteiger partial charge on any atom is 0.102 e. The molecule has 90 valence electrons. The first-order valence-electron chi connectivity index (χ1n) is 6.18. The molecule has 16 heavy (non-hydrogen) atoms. The van der Waals surface area contributed by atoms with Crippen molar-refractivity contribution in [2.75, 3.05) is 6.54 Å². The predicted octanol–water partition coefficient (Wildman–Crippen LogP) is 2.59. The topological polar surface area (TPSA) is 46.2 Å². The Kier molecular flexibility index (Phi) is 4.97. The Morgan fingerprint density at radius 2 is 1.81 bits per heavy atom. The summed E-state index contributed by atoms with van der Waals surface area (Å²) in [4.78, 5) is 0. The van der Waals surface area contributed by atoms with Crippen molar-refractivity contribution in [3.05, 3.63) is 35.4 Å². The van der Waals surface area contributed by atoms with Gasteiger partial charge in [-0.3, -0.25) is 0 Å². The van der Waals surface area contributed by atoms with E-state index in [1.54, 1.807) is 0 Å². The summed E-state index contributed by atoms with van der Waals surface area (Å²) in [6.45, 7) is 4.42. The molecule has 0 saturated heterocycles. The van der Waals surface area contributed by atoms with Crippen LogP contribution in [-0.4, -0.2) is 11.7 Å². The molecule has 0 fully saturated rings. The molecule has 0 amide bonds. The fourth-order valence-corrected chi connectivity index (χ4v) is 1.83. The zero-order valence-electron chi connectivity index (χ0n) is 10.4. The molecule has 0 spiro atoms. The van der Waals surface area contributed by atoms with Crippen molar-refractivity contribution in [2.24, 2.45) is 5.73 Å². The van der Waals surface area contributed by atoms with Crippen LogP contribution in [0.5, 0.6) is 0 Å². The van der Waals surface area contributed by atoms with E-state index in [1.165, 1.54) is 18.4 Å². The monoisotopic (exact) mass is 221 g/mol. The van der Waals surface area contributed by atoms with E-state index in [4.69, 9.17) is 5.73 Å². The fourth-order valence-electron chi connectivity index (χ4n) is 1.83. The van der Waals surface area contributed by atoms with Gasteiger partial charge < -0.3 is 10.8 Å². The molecule has 1 rings (SSSR count). The molecule has 1 atom stereocenters. The maximum atomic E-state index is 10.2. The van der Waals surface area contributed by atoms with Gasteiger partial charge in [-0.1, -0.05) is 44.5 Å². The number of nitrogens with two attached hydrogens (primary N) is 1. The van der Waals surface area contributed by atoms with Crippen LogP contribution in [0.1, 0.15) is 44.2 Å². The van der Waals surface area contributed by atoms with E-state index < -0.39 is 5.60 Å². The van der Waals surface area contributed by atoms with E-state index in [-0.39, 0.29) is 6.54 Å². The van der Waals surface area contributed by atoms with Gasteiger partial charge in [-0.25, -0.2) is 0 Å². The highest BCUT2D eigenvalue weighted by atomic mass is 16.3. The number of benzene rings is 1. The first-order chi connectivity index (χ1) is 7.66. The Labute approximate surface area is 98.5 Å². The molecule has 3 N–H and O–H groups in total. The Hall–Kier alpha value is -0.860. The summed E-state index contributed by atoms with van der Waals surface area (Å²) in [7, 11) is 0. The van der Waals surface area contributed by atoms with Crippen molar-refractivity contribution >= 4 is 0 Å². The number of hydrogen-bond acceptors (Lipinski definition) is 2. The minimum atomic E-state index is -0.858. The fraction of sp³-hybridized carbons (Fsp3) is 0.571. The van der Waals surface area contributed by atoms with E-state index in [9.17, 15) is 5.11 Å². The van der Waals surface area contributed by atoms with Crippen LogP contribution in [0.4, 0.5) is 0 Å². The van der Waals surface area contributed by atoms with Gasteiger partial charge in [-0.15, -0.1) is 0 Å². The third-order valence-corrected chi connectivity index (χ3v) is 3.23. The van der Waals surface area contributed by atoms with Crippen LogP contribution in [0.25, 0.3) is 0 Å². The van der Waals surface area contributed by atoms with E-state index >= 15 is 0 Å². The lowest BCUT2D eigenvalue weighted by Crippen LogP contribution is -2.34. The smallest absolute Gasteiger partial charge is 0.102 e. The Morgan fingerprint density at radius 1 is 1.19 bits per heavy atom. The molecule has 2 nitrogen and oxygen atoms in total. The van der Waals surface area contributed by atoms with Crippen LogP contribution in [-0.2, 0) is 12.0 Å². The SMILES string of the molecule is CCCCc1ccc(C(O)(CC)CN)cc1. The average Bonchev–Trinajstić information content (AvgIpc) is 2.36. The molecule has 0 aromatic heterocycles. The lowest BCUT2D eigenvalue weighted by atomic mass is 9.90. The van der Waals surface area contributed by atoms with Gasteiger partial charge in [-0.2, -0.15) is 0 Å². The summed E-state index contributed by atoms with van der Waals surface area (Å²) in [5, 5.41) is 10.2. The number of unbranched alkanes of at least 4 members (excludes halogenated alkanes) is 1. The van der Waals surface area contributed by atoms with Crippen LogP contribution in [0.2, 0.25) is 0 Å². The van der Waals surface area contributed by atoms with Gasteiger partial charge in [0.15, 0.2) is 0 Å². The third-order valence-electron chi connectivity index (χ3n) is 3.23. The molecule has 0 bridgehead atoms. The maximum absolute atomic E-state index is 10.2. The van der Waals surface area contributed by atoms with E-state index in [0.717, 1.165) is 12.0 Å². The summed E-state index contributed by atoms with van der Waals surface area (Å²) < 4.78 is 0. The molecule has 0 aliphatic rings. The van der Waals surface area contributed by atoms with Crippen molar-refractivity contribution in [1.82, 2.24) is 0 Å². The highest BCUT2D eigenvalue weighted by Gasteiger charge is 2.24. The molecular formula is C14H23NO. The summed E-state index contributed by atoms with van der Waals surface area (Å²) in [6.07, 6.45) is 4.19. The quantitative estimate of drug-likeness (QED) is 0.775. The lowest BCUT2D eigenvalue weighted by molar-refractivity contribution is 0.0418. The molecule has 1 aromatic carbocycles. The van der Waals surface area contributed by atoms with Gasteiger partial charge in [0.05, 0.1) is 0 Å². The van der Waals surface area contributed by atoms with Crippen molar-refractivity contribution in [3.8, 4) is 0 Å². The zero-order chi connectivity index (χ0) is 12.0. The van der Waals surface area contributed by atoms with Gasteiger partial charge >= 0.3 is 0 Å². The van der Waals surface area contributed by atoms with E-state index in [0.29, 0.717) is 6.42 Å². The van der Waals surface area contributed by atoms with Gasteiger partial charge in [0.25, 0.3) is 0 Å². The van der Waals surface area contributed by atoms with Crippen LogP contribution in [0.15, 0.2) is 24.3 Å². The highest BCUT2D eigenvalue weighted by molar-refractivity contribution is 5.27. The van der Waals surface area contributed by atoms with Crippen molar-refractivity contribution in [3.63, 3.8) is 0 Å². The van der Waals surface area contributed by atoms with Gasteiger partial charge in [0.2, 0.25) is 0 Å². The minimum Gasteiger partial charge on any atom is -0.384 e. The predicted molar refractivity (Wildman–Crippen MR) is 68.3 cm³/mol. The van der Waals surface area contributed by atoms with E-state index in [1.807, 2.05) is 19.1 Å². The zero-order valence-corrected chi connectivity index (χ0v) is 10.4. The molecule has 0 heterocycles. The number of rotatable bonds is 6. The van der Waals surface area contributed by atoms with Crippen LogP contribution >= 0.6 is 0 Å². The number of hydrogen-bond donors (Lipinski definition) is 2. The van der Waals surface area contributed by atoms with Crippen LogP contribution < -0.4 is 5.73 Å². The molecule has 0 aliphatic heterocycles. The average molecular weight is 221 g/mol. The lowest BCUT2D eigenvalue weighted by Gasteiger charge is -2.25. The molecule has 2 heteroatoms. The first kappa shape index (κ1) is 13.2. The molecule has 0 aliphatic carbocycles. The number of aryl methyl sites for hydroxylation is 1. The summed E-state index contributed by atoms with van der Waals surface area (Å²) >= 11 is 0. The van der Waals surface area contributed by atoms with Gasteiger partial charge in [0.1, 0.15) is 5.60 Å². The largest absolute Gasteiger partial charge is 0.384 e. The Bertz CT molecular complexity index is 301. The first-order valence-corrected chi connectivity index (χ1v) is 6.18. The van der Waals surface area contributed by atoms with Crippen molar-refractivity contribution in [2.45, 2.75) is 45.1 Å². The van der Waals surface area contributed by atoms with Crippen LogP contribution in [0, 0.1) is 0 Å². The molecule has 0 radical (unpaired) electrons. The molecule has 1 aromatic rings. The second-order valence-electron chi connectivity index (χ2n) is 4.39. The second kappa shape index (κ2) is 6.02. The number of aliphatic hydroxyl groups is 1. The summed E-state index contributed by atoms with van der Waals surface area (Å²) in [5.41, 5.74) is 7.02. The van der Waals surface area contributed by atoms with Crippen LogP contribution in [0.3, 0.4) is 0 Å². The third kappa shape index (κ3) is 3.06. The molecule has 0 saturated carbocycles. The van der Waals surface area contributed by atoms with Crippen molar-refractivity contribution in [1.29, 1.82) is 0 Å². The molecular weight excluding hydrogens is 198 g/mol. The molecule has 1 unspecified atom stereocenters. The standard InChI is InChI=1S/C14H23NO/c1-3-5-6-12-7-9-13(10-8-12)14(16,4-2)11-15/h7-10,16H,3-6,11,15H2,1-2H3. The Morgan fingerprint density at radius 3 is 2.25 bits per heavy atom. The Balaban J connectivity index is 2.77. The summed E-state index contributed by atoms with van der Waals surface area (Å²) in [5.74, 6) is 0. The summed E-state index contributed by atoms with van der Waals surface area (Å²) in [6, 6.07) is 8.20. The van der Waals surface area contributed by atoms with Gasteiger partial charge in [-0.05, 0) is 30.4 Å². The van der Waals surface area contributed by atoms with Crippen molar-refractivity contribution < 1.29 is 5.11 Å². The second-order valence-corrected chi connectivity index (χ2v) is 4.39. The van der Waals surface area contributed by atoms with Gasteiger partial charge in [0, 0.05) is 6.54 Å². The highest BCUT2D eigenvalue weighted by Crippen LogP contribution is 2.24.